The van der Waals surface area contributed by atoms with Crippen molar-refractivity contribution >= 4 is 5.69 Å². The molecule has 2 heteroatoms. The molecule has 13 heavy (non-hydrogen) atoms. The van der Waals surface area contributed by atoms with Crippen LogP contribution in [0.1, 0.15) is 13.8 Å². The summed E-state index contributed by atoms with van der Waals surface area (Å²) in [6.45, 7) is 8.15. The Balaban J connectivity index is 0.00000144. The first-order valence-electron chi connectivity index (χ1n) is 4.12. The average molecular weight is 199 g/mol. The van der Waals surface area contributed by atoms with Gasteiger partial charge in [0.2, 0.25) is 0 Å². The van der Waals surface area contributed by atoms with Gasteiger partial charge < -0.3 is 5.32 Å². The van der Waals surface area contributed by atoms with Crippen LogP contribution in [-0.2, 0) is 0 Å². The molecule has 0 saturated carbocycles. The van der Waals surface area contributed by atoms with Crippen molar-refractivity contribution in [2.75, 3.05) is 5.32 Å². The zero-order valence-corrected chi connectivity index (χ0v) is 11.7. The third-order valence-electron chi connectivity index (χ3n) is 1.71. The molecule has 0 bridgehead atoms. The van der Waals surface area contributed by atoms with E-state index in [1.807, 2.05) is 24.3 Å². The summed E-state index contributed by atoms with van der Waals surface area (Å²) in [5, 5.41) is 3.22. The number of anilines is 1. The molecule has 1 aromatic rings. The summed E-state index contributed by atoms with van der Waals surface area (Å²) < 4.78 is 0. The minimum Gasteiger partial charge on any atom is -0.412 e. The summed E-state index contributed by atoms with van der Waals surface area (Å²) in [4.78, 5) is 0. The van der Waals surface area contributed by atoms with Crippen LogP contribution in [0.2, 0.25) is 0 Å². The summed E-state index contributed by atoms with van der Waals surface area (Å²) >= 11 is 0. The van der Waals surface area contributed by atoms with Gasteiger partial charge in [-0.15, -0.1) is 6.07 Å². The Morgan fingerprint density at radius 1 is 1.54 bits per heavy atom. The van der Waals surface area contributed by atoms with E-state index in [1.165, 1.54) is 0 Å². The van der Waals surface area contributed by atoms with E-state index in [-0.39, 0.29) is 51.4 Å². The molecule has 0 fully saturated rings. The first-order chi connectivity index (χ1) is 5.70. The van der Waals surface area contributed by atoms with Gasteiger partial charge in [-0.2, -0.15) is 24.3 Å². The molecular weight excluding hydrogens is 185 g/mol. The van der Waals surface area contributed by atoms with Crippen LogP contribution in [0.25, 0.3) is 0 Å². The molecule has 1 N–H and O–H groups in total. The molecular formula is C11H14KN. The largest absolute Gasteiger partial charge is 1.00 e. The predicted octanol–water partition coefficient (Wildman–Crippen LogP) is 0.0724. The Kier molecular flexibility index (Phi) is 7.00. The van der Waals surface area contributed by atoms with E-state index in [1.54, 1.807) is 0 Å². The molecule has 0 aliphatic heterocycles. The van der Waals surface area contributed by atoms with Crippen molar-refractivity contribution in [3.05, 3.63) is 42.6 Å². The molecule has 0 aromatic heterocycles. The molecule has 64 valence electrons. The van der Waals surface area contributed by atoms with Crippen molar-refractivity contribution in [2.24, 2.45) is 5.92 Å². The summed E-state index contributed by atoms with van der Waals surface area (Å²) in [5.41, 5.74) is 2.09. The third-order valence-corrected chi connectivity index (χ3v) is 1.71. The van der Waals surface area contributed by atoms with E-state index in [2.05, 4.69) is 31.8 Å². The van der Waals surface area contributed by atoms with Gasteiger partial charge in [-0.3, -0.25) is 0 Å². The van der Waals surface area contributed by atoms with Gasteiger partial charge >= 0.3 is 51.4 Å². The Morgan fingerprint density at radius 2 is 2.23 bits per heavy atom. The van der Waals surface area contributed by atoms with Gasteiger partial charge in [-0.1, -0.05) is 26.1 Å². The van der Waals surface area contributed by atoms with Crippen LogP contribution in [0.3, 0.4) is 0 Å². The second-order valence-electron chi connectivity index (χ2n) is 3.10. The Bertz CT molecular complexity index is 254. The predicted molar refractivity (Wildman–Crippen MR) is 52.9 cm³/mol. The molecule has 1 rings (SSSR count). The quantitative estimate of drug-likeness (QED) is 0.537. The fourth-order valence-electron chi connectivity index (χ4n) is 0.801. The maximum atomic E-state index is 3.92. The summed E-state index contributed by atoms with van der Waals surface area (Å²) in [5.74, 6) is 0.463. The fraction of sp³-hybridized carbons (Fsp3) is 0.273. The SMILES string of the molecule is C=C(Nc1c[c-]ccc1)C(C)C.[K+]. The molecule has 0 spiro atoms. The minimum atomic E-state index is 0. The van der Waals surface area contributed by atoms with Gasteiger partial charge in [0.15, 0.2) is 0 Å². The van der Waals surface area contributed by atoms with Gasteiger partial charge in [0, 0.05) is 0 Å². The summed E-state index contributed by atoms with van der Waals surface area (Å²) in [7, 11) is 0. The molecule has 0 amide bonds. The normalized spacial score (nSPS) is 9.15. The summed E-state index contributed by atoms with van der Waals surface area (Å²) in [6.07, 6.45) is 0. The van der Waals surface area contributed by atoms with E-state index in [9.17, 15) is 0 Å². The maximum Gasteiger partial charge on any atom is 1.00 e. The van der Waals surface area contributed by atoms with Crippen molar-refractivity contribution in [3.63, 3.8) is 0 Å². The molecule has 0 atom stereocenters. The molecule has 0 radical (unpaired) electrons. The topological polar surface area (TPSA) is 12.0 Å². The second kappa shape index (κ2) is 6.79. The van der Waals surface area contributed by atoms with Gasteiger partial charge in [-0.25, -0.2) is 0 Å². The van der Waals surface area contributed by atoms with E-state index in [0.29, 0.717) is 5.92 Å². The number of rotatable bonds is 3. The van der Waals surface area contributed by atoms with Crippen LogP contribution in [0.15, 0.2) is 36.5 Å². The first kappa shape index (κ1) is 13.4. The second-order valence-corrected chi connectivity index (χ2v) is 3.10. The van der Waals surface area contributed by atoms with Gasteiger partial charge in [-0.05, 0) is 11.6 Å². The molecule has 0 unspecified atom stereocenters. The van der Waals surface area contributed by atoms with Crippen molar-refractivity contribution < 1.29 is 51.4 Å². The zero-order chi connectivity index (χ0) is 8.97. The molecule has 0 heterocycles. The standard InChI is InChI=1S/C11H14N.K/c1-9(2)10(3)12-11-7-5-4-6-8-11;/h4-5,7-9,12H,3H2,1-2H3;/q-1;+1. The molecule has 0 saturated heterocycles. The number of nitrogens with one attached hydrogen (secondary N) is 1. The van der Waals surface area contributed by atoms with Crippen molar-refractivity contribution in [1.82, 2.24) is 0 Å². The van der Waals surface area contributed by atoms with Crippen LogP contribution < -0.4 is 56.7 Å². The fourth-order valence-corrected chi connectivity index (χ4v) is 0.801. The van der Waals surface area contributed by atoms with Gasteiger partial charge in [0.05, 0.1) is 0 Å². The van der Waals surface area contributed by atoms with Gasteiger partial charge in [0.1, 0.15) is 0 Å². The summed E-state index contributed by atoms with van der Waals surface area (Å²) in [6, 6.07) is 10.7. The van der Waals surface area contributed by atoms with E-state index in [0.717, 1.165) is 11.4 Å². The molecule has 0 aliphatic rings. The van der Waals surface area contributed by atoms with Crippen LogP contribution in [0.4, 0.5) is 5.69 Å². The monoisotopic (exact) mass is 199 g/mol. The number of hydrogen-bond donors (Lipinski definition) is 1. The van der Waals surface area contributed by atoms with Gasteiger partial charge in [0.25, 0.3) is 0 Å². The van der Waals surface area contributed by atoms with Crippen LogP contribution in [0, 0.1) is 12.0 Å². The maximum absolute atomic E-state index is 3.92. The first-order valence-corrected chi connectivity index (χ1v) is 4.12. The van der Waals surface area contributed by atoms with E-state index < -0.39 is 0 Å². The van der Waals surface area contributed by atoms with Crippen molar-refractivity contribution in [2.45, 2.75) is 13.8 Å². The molecule has 1 nitrogen and oxygen atoms in total. The third kappa shape index (κ3) is 4.98. The Hall–Kier alpha value is 0.396. The number of hydrogen-bond acceptors (Lipinski definition) is 1. The van der Waals surface area contributed by atoms with Crippen LogP contribution in [0.5, 0.6) is 0 Å². The zero-order valence-electron chi connectivity index (χ0n) is 8.59. The average Bonchev–Trinajstić information content (AvgIpc) is 2.06. The minimum absolute atomic E-state index is 0. The van der Waals surface area contributed by atoms with Crippen LogP contribution >= 0.6 is 0 Å². The molecule has 1 aromatic carbocycles. The smallest absolute Gasteiger partial charge is 0.412 e. The Morgan fingerprint density at radius 3 is 2.69 bits per heavy atom. The van der Waals surface area contributed by atoms with Crippen molar-refractivity contribution in [3.8, 4) is 0 Å². The van der Waals surface area contributed by atoms with Crippen LogP contribution in [-0.4, -0.2) is 0 Å². The Labute approximate surface area is 123 Å². The van der Waals surface area contributed by atoms with Crippen molar-refractivity contribution in [1.29, 1.82) is 0 Å². The number of benzene rings is 1. The molecule has 0 aliphatic carbocycles. The number of allylic oxidation sites excluding steroid dienone is 1. The van der Waals surface area contributed by atoms with E-state index in [4.69, 9.17) is 0 Å². The van der Waals surface area contributed by atoms with E-state index >= 15 is 0 Å².